The Kier molecular flexibility index (Phi) is 8.16. The molecule has 1 amide bonds. The van der Waals surface area contributed by atoms with Crippen molar-refractivity contribution < 1.29 is 9.53 Å². The highest BCUT2D eigenvalue weighted by atomic mass is 79.9. The third-order valence-electron chi connectivity index (χ3n) is 6.47. The minimum Gasteiger partial charge on any atom is -0.489 e. The monoisotopic (exact) mass is 663 g/mol. The lowest BCUT2D eigenvalue weighted by atomic mass is 10.1. The summed E-state index contributed by atoms with van der Waals surface area (Å²) in [6.45, 7) is 8.72. The maximum atomic E-state index is 12.7. The SMILES string of the molecule is Cc1cc(N=C2NC(=O)/C(=C/c3cc(C)n(-c4ccc(OCc5ccc(Br)cc5)cc4)c3C)S2)cc(C)c1Br. The first-order chi connectivity index (χ1) is 18.7. The van der Waals surface area contributed by atoms with Crippen molar-refractivity contribution in [1.82, 2.24) is 9.88 Å². The van der Waals surface area contributed by atoms with Crippen LogP contribution in [0.2, 0.25) is 0 Å². The van der Waals surface area contributed by atoms with E-state index in [1.807, 2.05) is 68.5 Å². The molecule has 5 rings (SSSR count). The zero-order valence-corrected chi connectivity index (χ0v) is 26.0. The molecular formula is C31H27Br2N3O2S. The number of carbonyl (C=O) groups excluding carboxylic acids is 1. The van der Waals surface area contributed by atoms with Crippen LogP contribution in [0, 0.1) is 27.7 Å². The number of aliphatic imine (C=N–C) groups is 1. The molecule has 8 heteroatoms. The fraction of sp³-hybridized carbons (Fsp3) is 0.161. The van der Waals surface area contributed by atoms with Gasteiger partial charge in [0.25, 0.3) is 5.91 Å². The lowest BCUT2D eigenvalue weighted by Crippen LogP contribution is -2.19. The van der Waals surface area contributed by atoms with Gasteiger partial charge in [-0.1, -0.05) is 44.0 Å². The van der Waals surface area contributed by atoms with Crippen LogP contribution < -0.4 is 10.1 Å². The highest BCUT2D eigenvalue weighted by Crippen LogP contribution is 2.32. The van der Waals surface area contributed by atoms with Crippen LogP contribution in [0.3, 0.4) is 0 Å². The van der Waals surface area contributed by atoms with Crippen molar-refractivity contribution in [3.63, 3.8) is 0 Å². The molecule has 0 saturated carbocycles. The topological polar surface area (TPSA) is 55.6 Å². The summed E-state index contributed by atoms with van der Waals surface area (Å²) in [5.41, 5.74) is 8.32. The lowest BCUT2D eigenvalue weighted by Gasteiger charge is -2.11. The standard InChI is InChI=1S/C31H27Br2N3O2S/c1-18-13-25(14-19(2)29(18)33)34-31-35-30(37)28(39-31)16-23-15-20(3)36(21(23)4)26-9-11-27(12-10-26)38-17-22-5-7-24(32)8-6-22/h5-16H,17H2,1-4H3,(H,34,35,37)/b28-16-. The van der Waals surface area contributed by atoms with Gasteiger partial charge in [0.05, 0.1) is 10.6 Å². The van der Waals surface area contributed by atoms with Gasteiger partial charge < -0.3 is 14.6 Å². The minimum atomic E-state index is -0.138. The van der Waals surface area contributed by atoms with Crippen LogP contribution in [-0.2, 0) is 11.4 Å². The summed E-state index contributed by atoms with van der Waals surface area (Å²) in [6.07, 6.45) is 1.94. The van der Waals surface area contributed by atoms with Gasteiger partial charge in [-0.2, -0.15) is 0 Å². The van der Waals surface area contributed by atoms with E-state index in [1.165, 1.54) is 11.8 Å². The molecule has 4 aromatic rings. The second-order valence-corrected chi connectivity index (χ2v) is 12.2. The van der Waals surface area contributed by atoms with E-state index >= 15 is 0 Å². The third kappa shape index (κ3) is 6.24. The van der Waals surface area contributed by atoms with Crippen molar-refractivity contribution in [3.8, 4) is 11.4 Å². The van der Waals surface area contributed by atoms with Gasteiger partial charge in [-0.15, -0.1) is 0 Å². The fourth-order valence-electron chi connectivity index (χ4n) is 4.50. The van der Waals surface area contributed by atoms with Crippen LogP contribution in [0.25, 0.3) is 11.8 Å². The van der Waals surface area contributed by atoms with E-state index in [2.05, 4.69) is 78.8 Å². The van der Waals surface area contributed by atoms with E-state index in [-0.39, 0.29) is 5.91 Å². The van der Waals surface area contributed by atoms with Crippen LogP contribution in [0.1, 0.15) is 33.6 Å². The van der Waals surface area contributed by atoms with Gasteiger partial charge in [-0.25, -0.2) is 4.99 Å². The number of hydrogen-bond acceptors (Lipinski definition) is 4. The maximum absolute atomic E-state index is 12.7. The molecule has 0 aliphatic carbocycles. The first-order valence-electron chi connectivity index (χ1n) is 12.4. The van der Waals surface area contributed by atoms with Gasteiger partial charge in [0.2, 0.25) is 0 Å². The van der Waals surface area contributed by atoms with E-state index in [4.69, 9.17) is 4.74 Å². The molecule has 1 aromatic heterocycles. The maximum Gasteiger partial charge on any atom is 0.264 e. The Morgan fingerprint density at radius 3 is 2.28 bits per heavy atom. The quantitative estimate of drug-likeness (QED) is 0.210. The van der Waals surface area contributed by atoms with E-state index in [9.17, 15) is 4.79 Å². The Balaban J connectivity index is 1.32. The Morgan fingerprint density at radius 1 is 0.949 bits per heavy atom. The largest absolute Gasteiger partial charge is 0.489 e. The summed E-state index contributed by atoms with van der Waals surface area (Å²) in [7, 11) is 0. The van der Waals surface area contributed by atoms with Crippen LogP contribution >= 0.6 is 43.6 Å². The highest BCUT2D eigenvalue weighted by Gasteiger charge is 2.25. The first kappa shape index (κ1) is 27.5. The number of amidine groups is 1. The molecule has 1 aliphatic heterocycles. The normalized spacial score (nSPS) is 15.3. The zero-order valence-electron chi connectivity index (χ0n) is 22.0. The van der Waals surface area contributed by atoms with E-state index < -0.39 is 0 Å². The number of thioether (sulfide) groups is 1. The molecule has 1 saturated heterocycles. The van der Waals surface area contributed by atoms with Crippen LogP contribution in [0.15, 0.2) is 85.6 Å². The lowest BCUT2D eigenvalue weighted by molar-refractivity contribution is -0.115. The molecule has 0 radical (unpaired) electrons. The molecule has 5 nitrogen and oxygen atoms in total. The molecular weight excluding hydrogens is 638 g/mol. The number of rotatable bonds is 6. The number of benzene rings is 3. The fourth-order valence-corrected chi connectivity index (χ4v) is 5.82. The molecule has 1 fully saturated rings. The summed E-state index contributed by atoms with van der Waals surface area (Å²) in [6, 6.07) is 22.3. The molecule has 0 bridgehead atoms. The molecule has 1 N–H and O–H groups in total. The number of carbonyl (C=O) groups is 1. The minimum absolute atomic E-state index is 0.138. The molecule has 198 valence electrons. The number of aromatic nitrogens is 1. The summed E-state index contributed by atoms with van der Waals surface area (Å²) in [4.78, 5) is 18.0. The number of ether oxygens (including phenoxy) is 1. The van der Waals surface area contributed by atoms with Gasteiger partial charge in [-0.05, 0) is 122 Å². The van der Waals surface area contributed by atoms with E-state index in [1.54, 1.807) is 0 Å². The summed E-state index contributed by atoms with van der Waals surface area (Å²) in [5.74, 6) is 0.676. The number of halogens is 2. The molecule has 2 heterocycles. The van der Waals surface area contributed by atoms with E-state index in [0.29, 0.717) is 16.7 Å². The predicted molar refractivity (Wildman–Crippen MR) is 168 cm³/mol. The van der Waals surface area contributed by atoms with E-state index in [0.717, 1.165) is 59.7 Å². The van der Waals surface area contributed by atoms with Crippen molar-refractivity contribution in [2.24, 2.45) is 4.99 Å². The Bertz CT molecular complexity index is 1600. The van der Waals surface area contributed by atoms with Crippen molar-refractivity contribution >= 4 is 66.5 Å². The van der Waals surface area contributed by atoms with Gasteiger partial charge in [0, 0.05) is 26.0 Å². The van der Waals surface area contributed by atoms with Crippen molar-refractivity contribution in [2.75, 3.05) is 0 Å². The Labute approximate surface area is 249 Å². The van der Waals surface area contributed by atoms with Crippen molar-refractivity contribution in [3.05, 3.63) is 114 Å². The van der Waals surface area contributed by atoms with Gasteiger partial charge in [0.15, 0.2) is 5.17 Å². The predicted octanol–water partition coefficient (Wildman–Crippen LogP) is 8.71. The number of nitrogens with one attached hydrogen (secondary N) is 1. The average Bonchev–Trinajstić information content (AvgIpc) is 3.39. The zero-order chi connectivity index (χ0) is 27.7. The van der Waals surface area contributed by atoms with Crippen LogP contribution in [0.5, 0.6) is 5.75 Å². The third-order valence-corrected chi connectivity index (χ3v) is 9.16. The summed E-state index contributed by atoms with van der Waals surface area (Å²) >= 11 is 8.41. The summed E-state index contributed by atoms with van der Waals surface area (Å²) in [5, 5.41) is 3.49. The average molecular weight is 665 g/mol. The van der Waals surface area contributed by atoms with Crippen molar-refractivity contribution in [2.45, 2.75) is 34.3 Å². The highest BCUT2D eigenvalue weighted by molar-refractivity contribution is 9.10. The number of nitrogens with zero attached hydrogens (tertiary/aromatic N) is 2. The van der Waals surface area contributed by atoms with Gasteiger partial charge >= 0.3 is 0 Å². The van der Waals surface area contributed by atoms with Crippen LogP contribution in [-0.4, -0.2) is 15.6 Å². The second kappa shape index (κ2) is 11.6. The molecule has 0 atom stereocenters. The molecule has 3 aromatic carbocycles. The molecule has 39 heavy (non-hydrogen) atoms. The van der Waals surface area contributed by atoms with Crippen LogP contribution in [0.4, 0.5) is 5.69 Å². The molecule has 0 spiro atoms. The Morgan fingerprint density at radius 2 is 1.62 bits per heavy atom. The molecule has 1 aliphatic rings. The molecule has 0 unspecified atom stereocenters. The van der Waals surface area contributed by atoms with Gasteiger partial charge in [-0.3, -0.25) is 4.79 Å². The van der Waals surface area contributed by atoms with Crippen molar-refractivity contribution in [1.29, 1.82) is 0 Å². The Hall–Kier alpha value is -3.07. The first-order valence-corrected chi connectivity index (χ1v) is 14.8. The second-order valence-electron chi connectivity index (χ2n) is 9.45. The smallest absolute Gasteiger partial charge is 0.264 e. The van der Waals surface area contributed by atoms with Gasteiger partial charge in [0.1, 0.15) is 12.4 Å². The number of hydrogen-bond donors (Lipinski definition) is 1. The summed E-state index contributed by atoms with van der Waals surface area (Å²) < 4.78 is 10.3. The number of amides is 1. The number of aryl methyl sites for hydroxylation is 3.